The zero-order valence-electron chi connectivity index (χ0n) is 10.0. The van der Waals surface area contributed by atoms with Crippen molar-refractivity contribution >= 4 is 37.4 Å². The van der Waals surface area contributed by atoms with Gasteiger partial charge in [0.05, 0.1) is 0 Å². The zero-order chi connectivity index (χ0) is 11.8. The van der Waals surface area contributed by atoms with Crippen LogP contribution in [0, 0.1) is 11.8 Å². The minimum absolute atomic E-state index is 0.538. The van der Waals surface area contributed by atoms with Gasteiger partial charge in [-0.2, -0.15) is 0 Å². The second-order valence-electron chi connectivity index (χ2n) is 5.16. The number of hydrogen-bond acceptors (Lipinski definition) is 1. The average molecular weight is 309 g/mol. The molecule has 2 heteroatoms. The van der Waals surface area contributed by atoms with Gasteiger partial charge in [-0.05, 0) is 40.7 Å². The molecule has 1 aromatic carbocycles. The Balaban J connectivity index is 1.98. The number of fused-ring (bicyclic) bond motifs is 1. The Morgan fingerprint density at radius 3 is 2.88 bits per heavy atom. The molecule has 3 unspecified atom stereocenters. The fourth-order valence-electron chi connectivity index (χ4n) is 3.05. The fourth-order valence-corrected chi connectivity index (χ4v) is 5.39. The minimum Gasteiger partial charge on any atom is -0.143 e. The summed E-state index contributed by atoms with van der Waals surface area (Å²) >= 11 is 5.83. The SMILES string of the molecule is CC1CCCC1C(Br)c1csc2ccccc12. The van der Waals surface area contributed by atoms with Crippen LogP contribution >= 0.6 is 27.3 Å². The van der Waals surface area contributed by atoms with Crippen molar-refractivity contribution in [2.45, 2.75) is 31.0 Å². The van der Waals surface area contributed by atoms with E-state index in [9.17, 15) is 0 Å². The molecule has 1 aliphatic rings. The molecule has 0 spiro atoms. The maximum atomic E-state index is 3.96. The van der Waals surface area contributed by atoms with Gasteiger partial charge in [0, 0.05) is 9.53 Å². The molecular formula is C15H17BrS. The molecule has 3 atom stereocenters. The third kappa shape index (κ3) is 2.06. The summed E-state index contributed by atoms with van der Waals surface area (Å²) in [6, 6.07) is 8.76. The molecule has 0 nitrogen and oxygen atoms in total. The fraction of sp³-hybridized carbons (Fsp3) is 0.467. The Morgan fingerprint density at radius 1 is 1.29 bits per heavy atom. The highest BCUT2D eigenvalue weighted by atomic mass is 79.9. The zero-order valence-corrected chi connectivity index (χ0v) is 12.4. The van der Waals surface area contributed by atoms with Crippen LogP contribution in [0.15, 0.2) is 29.6 Å². The Bertz CT molecular complexity index is 516. The lowest BCUT2D eigenvalue weighted by atomic mass is 9.91. The summed E-state index contributed by atoms with van der Waals surface area (Å²) in [4.78, 5) is 0.538. The lowest BCUT2D eigenvalue weighted by Gasteiger charge is -2.21. The third-order valence-corrected chi connectivity index (χ3v) is 6.27. The van der Waals surface area contributed by atoms with Gasteiger partial charge in [-0.25, -0.2) is 0 Å². The Kier molecular flexibility index (Phi) is 3.27. The van der Waals surface area contributed by atoms with E-state index in [-0.39, 0.29) is 0 Å². The van der Waals surface area contributed by atoms with Gasteiger partial charge < -0.3 is 0 Å². The molecule has 0 amide bonds. The van der Waals surface area contributed by atoms with Crippen LogP contribution in [0.25, 0.3) is 10.1 Å². The summed E-state index contributed by atoms with van der Waals surface area (Å²) in [7, 11) is 0. The van der Waals surface area contributed by atoms with Crippen molar-refractivity contribution in [2.75, 3.05) is 0 Å². The van der Waals surface area contributed by atoms with E-state index < -0.39 is 0 Å². The van der Waals surface area contributed by atoms with Crippen molar-refractivity contribution in [3.63, 3.8) is 0 Å². The smallest absolute Gasteiger partial charge is 0.0440 e. The largest absolute Gasteiger partial charge is 0.143 e. The number of benzene rings is 1. The van der Waals surface area contributed by atoms with Gasteiger partial charge in [-0.3, -0.25) is 0 Å². The van der Waals surface area contributed by atoms with Gasteiger partial charge in [0.1, 0.15) is 0 Å². The molecule has 1 aromatic heterocycles. The highest BCUT2D eigenvalue weighted by molar-refractivity contribution is 9.09. The van der Waals surface area contributed by atoms with Crippen LogP contribution in [0.2, 0.25) is 0 Å². The van der Waals surface area contributed by atoms with Gasteiger partial charge in [0.25, 0.3) is 0 Å². The van der Waals surface area contributed by atoms with Crippen LogP contribution in [-0.2, 0) is 0 Å². The van der Waals surface area contributed by atoms with Crippen LogP contribution in [0.1, 0.15) is 36.6 Å². The summed E-state index contributed by atoms with van der Waals surface area (Å²) in [6.45, 7) is 2.40. The molecule has 1 saturated carbocycles. The summed E-state index contributed by atoms with van der Waals surface area (Å²) < 4.78 is 1.41. The van der Waals surface area contributed by atoms with Gasteiger partial charge in [0.2, 0.25) is 0 Å². The Morgan fingerprint density at radius 2 is 2.12 bits per heavy atom. The number of halogens is 1. The molecule has 0 N–H and O–H groups in total. The maximum absolute atomic E-state index is 3.96. The molecule has 17 heavy (non-hydrogen) atoms. The predicted octanol–water partition coefficient (Wildman–Crippen LogP) is 5.77. The van der Waals surface area contributed by atoms with Crippen LogP contribution in [0.3, 0.4) is 0 Å². The highest BCUT2D eigenvalue weighted by Crippen LogP contribution is 2.47. The molecule has 1 fully saturated rings. The molecule has 90 valence electrons. The highest BCUT2D eigenvalue weighted by Gasteiger charge is 2.31. The lowest BCUT2D eigenvalue weighted by molar-refractivity contribution is 0.415. The van der Waals surface area contributed by atoms with Crippen molar-refractivity contribution in [1.29, 1.82) is 0 Å². The number of hydrogen-bond donors (Lipinski definition) is 0. The van der Waals surface area contributed by atoms with Crippen molar-refractivity contribution in [2.24, 2.45) is 11.8 Å². The van der Waals surface area contributed by atoms with E-state index in [1.807, 2.05) is 11.3 Å². The van der Waals surface area contributed by atoms with Crippen LogP contribution in [0.4, 0.5) is 0 Å². The van der Waals surface area contributed by atoms with Crippen molar-refractivity contribution < 1.29 is 0 Å². The quantitative estimate of drug-likeness (QED) is 0.617. The summed E-state index contributed by atoms with van der Waals surface area (Å²) in [5.74, 6) is 1.67. The Labute approximate surface area is 115 Å². The van der Waals surface area contributed by atoms with E-state index in [1.165, 1.54) is 34.9 Å². The maximum Gasteiger partial charge on any atom is 0.0440 e. The van der Waals surface area contributed by atoms with E-state index in [4.69, 9.17) is 0 Å². The second kappa shape index (κ2) is 4.74. The van der Waals surface area contributed by atoms with Gasteiger partial charge in [-0.15, -0.1) is 11.3 Å². The molecule has 3 rings (SSSR count). The standard InChI is InChI=1S/C15H17BrS/c1-10-5-4-7-11(10)15(16)13-9-17-14-8-3-2-6-12(13)14/h2-3,6,8-11,15H,4-5,7H2,1H3. The first-order valence-electron chi connectivity index (χ1n) is 6.37. The molecular weight excluding hydrogens is 292 g/mol. The molecule has 2 aromatic rings. The lowest BCUT2D eigenvalue weighted by Crippen LogP contribution is -2.10. The summed E-state index contributed by atoms with van der Waals surface area (Å²) in [6.07, 6.45) is 4.17. The first kappa shape index (κ1) is 11.7. The topological polar surface area (TPSA) is 0 Å². The molecule has 0 bridgehead atoms. The molecule has 0 radical (unpaired) electrons. The van der Waals surface area contributed by atoms with Crippen molar-refractivity contribution in [3.8, 4) is 0 Å². The van der Waals surface area contributed by atoms with Gasteiger partial charge >= 0.3 is 0 Å². The number of rotatable bonds is 2. The van der Waals surface area contributed by atoms with Crippen molar-refractivity contribution in [1.82, 2.24) is 0 Å². The molecule has 1 aliphatic carbocycles. The molecule has 0 saturated heterocycles. The van der Waals surface area contributed by atoms with Gasteiger partial charge in [-0.1, -0.05) is 53.9 Å². The minimum atomic E-state index is 0.538. The van der Waals surface area contributed by atoms with Crippen LogP contribution in [-0.4, -0.2) is 0 Å². The summed E-state index contributed by atoms with van der Waals surface area (Å²) in [5.41, 5.74) is 1.50. The number of thiophene rings is 1. The monoisotopic (exact) mass is 308 g/mol. The van der Waals surface area contributed by atoms with E-state index >= 15 is 0 Å². The Hall–Kier alpha value is -0.340. The van der Waals surface area contributed by atoms with E-state index in [2.05, 4.69) is 52.5 Å². The molecule has 0 aliphatic heterocycles. The van der Waals surface area contributed by atoms with E-state index in [0.29, 0.717) is 4.83 Å². The predicted molar refractivity (Wildman–Crippen MR) is 80.0 cm³/mol. The van der Waals surface area contributed by atoms with Gasteiger partial charge in [0.15, 0.2) is 0 Å². The summed E-state index contributed by atoms with van der Waals surface area (Å²) in [5, 5.41) is 3.79. The first-order chi connectivity index (χ1) is 8.27. The third-order valence-electron chi connectivity index (χ3n) is 4.11. The van der Waals surface area contributed by atoms with Crippen LogP contribution in [0.5, 0.6) is 0 Å². The van der Waals surface area contributed by atoms with Crippen LogP contribution < -0.4 is 0 Å². The average Bonchev–Trinajstić information content (AvgIpc) is 2.94. The second-order valence-corrected chi connectivity index (χ2v) is 7.06. The first-order valence-corrected chi connectivity index (χ1v) is 8.17. The molecule has 1 heterocycles. The van der Waals surface area contributed by atoms with E-state index in [0.717, 1.165) is 11.8 Å². The number of alkyl halides is 1. The van der Waals surface area contributed by atoms with Crippen molar-refractivity contribution in [3.05, 3.63) is 35.2 Å². The van der Waals surface area contributed by atoms with E-state index in [1.54, 1.807) is 0 Å². The normalized spacial score (nSPS) is 26.5.